The normalized spacial score (nSPS) is 11.2. The Morgan fingerprint density at radius 1 is 1.42 bits per heavy atom. The van der Waals surface area contributed by atoms with Crippen molar-refractivity contribution in [2.45, 2.75) is 32.8 Å². The van der Waals surface area contributed by atoms with Crippen LogP contribution in [0.4, 0.5) is 5.82 Å². The predicted octanol–water partition coefficient (Wildman–Crippen LogP) is 1.84. The van der Waals surface area contributed by atoms with Crippen LogP contribution in [0.1, 0.15) is 36.8 Å². The van der Waals surface area contributed by atoms with Crippen LogP contribution < -0.4 is 10.6 Å². The van der Waals surface area contributed by atoms with Gasteiger partial charge in [-0.3, -0.25) is 4.79 Å². The van der Waals surface area contributed by atoms with Crippen molar-refractivity contribution in [1.29, 1.82) is 0 Å². The molecule has 0 bridgehead atoms. The van der Waals surface area contributed by atoms with Gasteiger partial charge in [0.05, 0.1) is 5.60 Å². The average molecular weight is 265 g/mol. The molecule has 0 aromatic carbocycles. The molecule has 1 rings (SSSR count). The second kappa shape index (κ2) is 6.52. The summed E-state index contributed by atoms with van der Waals surface area (Å²) in [5.74, 6) is 0.592. The van der Waals surface area contributed by atoms with Crippen LogP contribution in [0.5, 0.6) is 0 Å². The molecule has 1 heterocycles. The van der Waals surface area contributed by atoms with Crippen LogP contribution in [-0.2, 0) is 11.2 Å². The molecule has 0 radical (unpaired) electrons. The molecule has 5 heteroatoms. The van der Waals surface area contributed by atoms with E-state index in [1.54, 1.807) is 20.2 Å². The van der Waals surface area contributed by atoms with Crippen LogP contribution in [0.3, 0.4) is 0 Å². The van der Waals surface area contributed by atoms with E-state index in [0.717, 1.165) is 12.1 Å². The number of hydrogen-bond donors (Lipinski definition) is 2. The Labute approximate surface area is 114 Å². The smallest absolute Gasteiger partial charge is 0.251 e. The molecule has 0 unspecified atom stereocenters. The molecule has 0 fully saturated rings. The zero-order valence-corrected chi connectivity index (χ0v) is 12.3. The van der Waals surface area contributed by atoms with E-state index < -0.39 is 0 Å². The maximum atomic E-state index is 12.1. The van der Waals surface area contributed by atoms with Gasteiger partial charge < -0.3 is 15.4 Å². The van der Waals surface area contributed by atoms with Crippen LogP contribution in [0.15, 0.2) is 12.1 Å². The average Bonchev–Trinajstić information content (AvgIpc) is 2.44. The Morgan fingerprint density at radius 2 is 2.11 bits per heavy atom. The first-order chi connectivity index (χ1) is 8.91. The third-order valence-electron chi connectivity index (χ3n) is 2.99. The standard InChI is InChI=1S/C14H23N3O2/c1-6-11-7-10(8-12(15-4)17-11)13(18)16-9-14(2,3)19-5/h7-8H,6,9H2,1-5H3,(H,15,17)(H,16,18). The maximum Gasteiger partial charge on any atom is 0.251 e. The Bertz CT molecular complexity index is 422. The fourth-order valence-electron chi connectivity index (χ4n) is 1.50. The zero-order chi connectivity index (χ0) is 14.5. The van der Waals surface area contributed by atoms with Crippen LogP contribution in [0.25, 0.3) is 0 Å². The number of amides is 1. The van der Waals surface area contributed by atoms with Gasteiger partial charge in [0, 0.05) is 32.0 Å². The van der Waals surface area contributed by atoms with Crippen molar-refractivity contribution in [2.24, 2.45) is 0 Å². The molecule has 2 N–H and O–H groups in total. The number of rotatable bonds is 6. The van der Waals surface area contributed by atoms with Crippen molar-refractivity contribution in [3.8, 4) is 0 Å². The number of aromatic nitrogens is 1. The number of nitrogens with one attached hydrogen (secondary N) is 2. The number of carbonyl (C=O) groups is 1. The summed E-state index contributed by atoms with van der Waals surface area (Å²) in [7, 11) is 3.42. The second-order valence-corrected chi connectivity index (χ2v) is 4.98. The summed E-state index contributed by atoms with van der Waals surface area (Å²) in [6.07, 6.45) is 0.791. The monoisotopic (exact) mass is 265 g/mol. The van der Waals surface area contributed by atoms with Gasteiger partial charge in [0.15, 0.2) is 0 Å². The van der Waals surface area contributed by atoms with E-state index in [4.69, 9.17) is 4.74 Å². The summed E-state index contributed by atoms with van der Waals surface area (Å²) >= 11 is 0. The van der Waals surface area contributed by atoms with Crippen LogP contribution in [-0.4, -0.2) is 37.2 Å². The van der Waals surface area contributed by atoms with Gasteiger partial charge in [-0.15, -0.1) is 0 Å². The maximum absolute atomic E-state index is 12.1. The molecule has 5 nitrogen and oxygen atoms in total. The van der Waals surface area contributed by atoms with Crippen LogP contribution in [0.2, 0.25) is 0 Å². The molecule has 0 aliphatic heterocycles. The van der Waals surface area contributed by atoms with Crippen molar-refractivity contribution >= 4 is 11.7 Å². The number of anilines is 1. The fourth-order valence-corrected chi connectivity index (χ4v) is 1.50. The number of nitrogens with zero attached hydrogens (tertiary/aromatic N) is 1. The van der Waals surface area contributed by atoms with Crippen molar-refractivity contribution in [3.63, 3.8) is 0 Å². The molecule has 0 saturated heterocycles. The van der Waals surface area contributed by atoms with Gasteiger partial charge in [0.2, 0.25) is 0 Å². The quantitative estimate of drug-likeness (QED) is 0.824. The molecule has 1 aromatic heterocycles. The molecule has 106 valence electrons. The molecule has 0 aliphatic rings. The van der Waals surface area contributed by atoms with Gasteiger partial charge in [-0.25, -0.2) is 4.98 Å². The lowest BCUT2D eigenvalue weighted by atomic mass is 10.1. The highest BCUT2D eigenvalue weighted by Gasteiger charge is 2.18. The van der Waals surface area contributed by atoms with E-state index in [2.05, 4.69) is 15.6 Å². The first kappa shape index (κ1) is 15.4. The Kier molecular flexibility index (Phi) is 5.30. The molecule has 19 heavy (non-hydrogen) atoms. The van der Waals surface area contributed by atoms with E-state index in [1.165, 1.54) is 0 Å². The fraction of sp³-hybridized carbons (Fsp3) is 0.571. The van der Waals surface area contributed by atoms with Crippen LogP contribution >= 0.6 is 0 Å². The highest BCUT2D eigenvalue weighted by atomic mass is 16.5. The number of carbonyl (C=O) groups excluding carboxylic acids is 1. The van der Waals surface area contributed by atoms with E-state index in [9.17, 15) is 4.79 Å². The summed E-state index contributed by atoms with van der Waals surface area (Å²) in [5, 5.41) is 5.84. The third-order valence-corrected chi connectivity index (χ3v) is 2.99. The summed E-state index contributed by atoms with van der Waals surface area (Å²) in [4.78, 5) is 16.5. The number of pyridine rings is 1. The third kappa shape index (κ3) is 4.52. The van der Waals surface area contributed by atoms with Gasteiger partial charge in [-0.1, -0.05) is 6.92 Å². The largest absolute Gasteiger partial charge is 0.377 e. The highest BCUT2D eigenvalue weighted by molar-refractivity contribution is 5.95. The lowest BCUT2D eigenvalue weighted by Gasteiger charge is -2.23. The predicted molar refractivity (Wildman–Crippen MR) is 76.6 cm³/mol. The Hall–Kier alpha value is -1.62. The molecule has 0 aliphatic carbocycles. The molecule has 0 atom stereocenters. The number of hydrogen-bond acceptors (Lipinski definition) is 4. The number of methoxy groups -OCH3 is 1. The van der Waals surface area contributed by atoms with E-state index >= 15 is 0 Å². The van der Waals surface area contributed by atoms with Crippen molar-refractivity contribution in [1.82, 2.24) is 10.3 Å². The first-order valence-electron chi connectivity index (χ1n) is 6.44. The van der Waals surface area contributed by atoms with Crippen molar-refractivity contribution in [3.05, 3.63) is 23.4 Å². The molecule has 0 saturated carbocycles. The Balaban J connectivity index is 2.81. The Morgan fingerprint density at radius 3 is 2.63 bits per heavy atom. The van der Waals surface area contributed by atoms with Crippen molar-refractivity contribution < 1.29 is 9.53 Å². The van der Waals surface area contributed by atoms with Gasteiger partial charge in [-0.2, -0.15) is 0 Å². The first-order valence-corrected chi connectivity index (χ1v) is 6.44. The van der Waals surface area contributed by atoms with Crippen molar-refractivity contribution in [2.75, 3.05) is 26.0 Å². The van der Waals surface area contributed by atoms with Gasteiger partial charge in [0.1, 0.15) is 5.82 Å². The van der Waals surface area contributed by atoms with E-state index in [-0.39, 0.29) is 11.5 Å². The van der Waals surface area contributed by atoms with Gasteiger partial charge in [0.25, 0.3) is 5.91 Å². The summed E-state index contributed by atoms with van der Waals surface area (Å²) in [6, 6.07) is 3.56. The topological polar surface area (TPSA) is 63.2 Å². The molecular formula is C14H23N3O2. The second-order valence-electron chi connectivity index (χ2n) is 4.98. The van der Waals surface area contributed by atoms with Gasteiger partial charge in [-0.05, 0) is 32.4 Å². The lowest BCUT2D eigenvalue weighted by Crippen LogP contribution is -2.39. The molecular weight excluding hydrogens is 242 g/mol. The summed E-state index contributed by atoms with van der Waals surface area (Å²) < 4.78 is 5.27. The summed E-state index contributed by atoms with van der Waals surface area (Å²) in [5.41, 5.74) is 1.13. The lowest BCUT2D eigenvalue weighted by molar-refractivity contribution is 0.0229. The molecule has 0 spiro atoms. The van der Waals surface area contributed by atoms with E-state index in [1.807, 2.05) is 26.8 Å². The summed E-state index contributed by atoms with van der Waals surface area (Å²) in [6.45, 7) is 6.32. The minimum absolute atomic E-state index is 0.112. The minimum atomic E-state index is -0.373. The van der Waals surface area contributed by atoms with E-state index in [0.29, 0.717) is 17.9 Å². The zero-order valence-electron chi connectivity index (χ0n) is 12.3. The molecule has 1 aromatic rings. The number of aryl methyl sites for hydroxylation is 1. The van der Waals surface area contributed by atoms with Gasteiger partial charge >= 0.3 is 0 Å². The SMILES string of the molecule is CCc1cc(C(=O)NCC(C)(C)OC)cc(NC)n1. The highest BCUT2D eigenvalue weighted by Crippen LogP contribution is 2.11. The minimum Gasteiger partial charge on any atom is -0.377 e. The number of ether oxygens (including phenoxy) is 1. The van der Waals surface area contributed by atoms with Crippen LogP contribution in [0, 0.1) is 0 Å². The molecule has 1 amide bonds.